The fourth-order valence-corrected chi connectivity index (χ4v) is 5.11. The van der Waals surface area contributed by atoms with Crippen molar-refractivity contribution < 1.29 is 22.4 Å². The maximum atomic E-state index is 12.9. The van der Waals surface area contributed by atoms with Crippen molar-refractivity contribution in [2.45, 2.75) is 11.8 Å². The third-order valence-electron chi connectivity index (χ3n) is 4.53. The van der Waals surface area contributed by atoms with Crippen LogP contribution in [0.2, 0.25) is 0 Å². The smallest absolute Gasteiger partial charge is 0.275 e. The number of carbonyl (C=O) groups is 1. The van der Waals surface area contributed by atoms with Crippen molar-refractivity contribution >= 4 is 33.0 Å². The monoisotopic (exact) mass is 433 g/mol. The minimum Gasteiger partial charge on any atom is -0.462 e. The van der Waals surface area contributed by atoms with E-state index in [1.54, 1.807) is 42.8 Å². The van der Waals surface area contributed by atoms with Crippen LogP contribution in [0.4, 0.5) is 5.69 Å². The van der Waals surface area contributed by atoms with Crippen LogP contribution in [0.5, 0.6) is 0 Å². The number of furan rings is 1. The quantitative estimate of drug-likeness (QED) is 0.664. The summed E-state index contributed by atoms with van der Waals surface area (Å²) < 4.78 is 37.7. The van der Waals surface area contributed by atoms with Crippen molar-refractivity contribution in [2.24, 2.45) is 0 Å². The Bertz CT molecular complexity index is 1120. The average molecular weight is 434 g/mol. The molecule has 1 fully saturated rings. The molecular formula is C19H19N3O5S2. The summed E-state index contributed by atoms with van der Waals surface area (Å²) in [7, 11) is -3.65. The van der Waals surface area contributed by atoms with Gasteiger partial charge in [0, 0.05) is 24.2 Å². The number of rotatable bonds is 5. The molecule has 10 heteroatoms. The minimum absolute atomic E-state index is 0.134. The molecule has 0 aliphatic carbocycles. The van der Waals surface area contributed by atoms with Gasteiger partial charge in [-0.2, -0.15) is 4.31 Å². The Balaban J connectivity index is 1.56. The number of aryl methyl sites for hydroxylation is 1. The van der Waals surface area contributed by atoms with E-state index in [0.717, 1.165) is 5.56 Å². The van der Waals surface area contributed by atoms with E-state index in [1.807, 2.05) is 0 Å². The second-order valence-electron chi connectivity index (χ2n) is 6.46. The molecule has 1 aliphatic heterocycles. The van der Waals surface area contributed by atoms with E-state index >= 15 is 0 Å². The average Bonchev–Trinajstić information content (AvgIpc) is 3.42. The van der Waals surface area contributed by atoms with Gasteiger partial charge in [-0.05, 0) is 36.8 Å². The maximum absolute atomic E-state index is 12.9. The van der Waals surface area contributed by atoms with Crippen LogP contribution in [-0.2, 0) is 14.8 Å². The lowest BCUT2D eigenvalue weighted by Crippen LogP contribution is -2.40. The molecule has 2 aromatic heterocycles. The molecule has 3 heterocycles. The van der Waals surface area contributed by atoms with Crippen LogP contribution in [0.15, 0.2) is 51.3 Å². The molecule has 1 aromatic carbocycles. The van der Waals surface area contributed by atoms with Gasteiger partial charge in [0.15, 0.2) is 10.8 Å². The van der Waals surface area contributed by atoms with Gasteiger partial charge in [-0.1, -0.05) is 6.07 Å². The van der Waals surface area contributed by atoms with Crippen molar-refractivity contribution in [1.29, 1.82) is 0 Å². The second kappa shape index (κ2) is 8.07. The first kappa shape index (κ1) is 19.8. The zero-order valence-corrected chi connectivity index (χ0v) is 17.3. The highest BCUT2D eigenvalue weighted by Gasteiger charge is 2.27. The van der Waals surface area contributed by atoms with Gasteiger partial charge < -0.3 is 14.5 Å². The highest BCUT2D eigenvalue weighted by atomic mass is 32.2. The number of carbonyl (C=O) groups excluding carboxylic acids is 1. The number of morpholine rings is 1. The third kappa shape index (κ3) is 4.10. The summed E-state index contributed by atoms with van der Waals surface area (Å²) in [5, 5.41) is 5.00. The molecule has 1 N–H and O–H groups in total. The lowest BCUT2D eigenvalue weighted by Gasteiger charge is -2.26. The molecule has 0 unspecified atom stereocenters. The number of thiazole rings is 1. The zero-order valence-electron chi connectivity index (χ0n) is 15.6. The normalized spacial score (nSPS) is 15.3. The summed E-state index contributed by atoms with van der Waals surface area (Å²) in [5.74, 6) is 0.173. The Morgan fingerprint density at radius 2 is 2.03 bits per heavy atom. The first-order valence-electron chi connectivity index (χ1n) is 8.94. The third-order valence-corrected chi connectivity index (χ3v) is 7.29. The largest absolute Gasteiger partial charge is 0.462 e. The molecule has 0 spiro atoms. The summed E-state index contributed by atoms with van der Waals surface area (Å²) in [5.41, 5.74) is 1.42. The molecule has 8 nitrogen and oxygen atoms in total. The molecular weight excluding hydrogens is 414 g/mol. The van der Waals surface area contributed by atoms with Gasteiger partial charge in [0.25, 0.3) is 5.91 Å². The molecule has 0 saturated carbocycles. The first-order chi connectivity index (χ1) is 13.9. The van der Waals surface area contributed by atoms with Crippen LogP contribution >= 0.6 is 11.3 Å². The van der Waals surface area contributed by atoms with Gasteiger partial charge in [0.2, 0.25) is 10.0 Å². The number of aromatic nitrogens is 1. The number of hydrogen-bond donors (Lipinski definition) is 1. The molecule has 29 heavy (non-hydrogen) atoms. The van der Waals surface area contributed by atoms with Crippen LogP contribution in [0.25, 0.3) is 10.8 Å². The number of sulfonamides is 1. The summed E-state index contributed by atoms with van der Waals surface area (Å²) in [6, 6.07) is 8.23. The Kier molecular flexibility index (Phi) is 5.50. The molecule has 1 amide bonds. The predicted octanol–water partition coefficient (Wildman–Crippen LogP) is 2.98. The van der Waals surface area contributed by atoms with E-state index in [9.17, 15) is 13.2 Å². The Morgan fingerprint density at radius 1 is 1.24 bits per heavy atom. The van der Waals surface area contributed by atoms with Crippen LogP contribution in [0, 0.1) is 6.92 Å². The number of hydrogen-bond acceptors (Lipinski definition) is 7. The number of benzene rings is 1. The van der Waals surface area contributed by atoms with Crippen molar-refractivity contribution in [2.75, 3.05) is 31.6 Å². The van der Waals surface area contributed by atoms with E-state index in [2.05, 4.69) is 10.3 Å². The summed E-state index contributed by atoms with van der Waals surface area (Å²) in [6.45, 7) is 3.17. The van der Waals surface area contributed by atoms with Gasteiger partial charge in [-0.3, -0.25) is 4.79 Å². The minimum atomic E-state index is -3.65. The first-order valence-corrected chi connectivity index (χ1v) is 11.3. The van der Waals surface area contributed by atoms with E-state index in [0.29, 0.717) is 42.8 Å². The van der Waals surface area contributed by atoms with Crippen molar-refractivity contribution in [3.8, 4) is 10.8 Å². The van der Waals surface area contributed by atoms with Crippen LogP contribution < -0.4 is 5.32 Å². The highest BCUT2D eigenvalue weighted by molar-refractivity contribution is 7.89. The Morgan fingerprint density at radius 3 is 2.76 bits per heavy atom. The zero-order chi connectivity index (χ0) is 20.4. The van der Waals surface area contributed by atoms with Crippen LogP contribution in [0.3, 0.4) is 0 Å². The van der Waals surface area contributed by atoms with E-state index in [-0.39, 0.29) is 10.6 Å². The van der Waals surface area contributed by atoms with Gasteiger partial charge in [0.05, 0.1) is 24.4 Å². The number of nitrogens with one attached hydrogen (secondary N) is 1. The van der Waals surface area contributed by atoms with Crippen LogP contribution in [-0.4, -0.2) is 49.9 Å². The molecule has 0 atom stereocenters. The second-order valence-corrected chi connectivity index (χ2v) is 9.26. The fourth-order valence-electron chi connectivity index (χ4n) is 2.91. The summed E-state index contributed by atoms with van der Waals surface area (Å²) >= 11 is 1.30. The van der Waals surface area contributed by atoms with Gasteiger partial charge in [0.1, 0.15) is 5.69 Å². The lowest BCUT2D eigenvalue weighted by molar-refractivity contribution is 0.0730. The van der Waals surface area contributed by atoms with E-state index in [4.69, 9.17) is 9.15 Å². The van der Waals surface area contributed by atoms with Crippen molar-refractivity contribution in [3.63, 3.8) is 0 Å². The molecule has 1 aliphatic rings. The molecule has 1 saturated heterocycles. The molecule has 0 bridgehead atoms. The summed E-state index contributed by atoms with van der Waals surface area (Å²) in [6.07, 6.45) is 1.54. The molecule has 4 rings (SSSR count). The number of ether oxygens (including phenoxy) is 1. The van der Waals surface area contributed by atoms with Gasteiger partial charge in [-0.25, -0.2) is 13.4 Å². The van der Waals surface area contributed by atoms with E-state index < -0.39 is 15.9 Å². The van der Waals surface area contributed by atoms with Gasteiger partial charge >= 0.3 is 0 Å². The number of anilines is 1. The Hall–Kier alpha value is -2.53. The van der Waals surface area contributed by atoms with Gasteiger partial charge in [-0.15, -0.1) is 11.3 Å². The maximum Gasteiger partial charge on any atom is 0.275 e. The van der Waals surface area contributed by atoms with Crippen molar-refractivity contribution in [1.82, 2.24) is 9.29 Å². The Labute approximate surface area is 172 Å². The lowest BCUT2D eigenvalue weighted by atomic mass is 10.2. The molecule has 152 valence electrons. The fraction of sp³-hybridized carbons (Fsp3) is 0.263. The summed E-state index contributed by atoms with van der Waals surface area (Å²) in [4.78, 5) is 17.1. The molecule has 3 aromatic rings. The van der Waals surface area contributed by atoms with Crippen LogP contribution in [0.1, 0.15) is 16.1 Å². The number of nitrogens with zero attached hydrogens (tertiary/aromatic N) is 2. The topological polar surface area (TPSA) is 102 Å². The predicted molar refractivity (Wildman–Crippen MR) is 109 cm³/mol. The van der Waals surface area contributed by atoms with E-state index in [1.165, 1.54) is 21.7 Å². The number of amides is 1. The highest BCUT2D eigenvalue weighted by Crippen LogP contribution is 2.26. The van der Waals surface area contributed by atoms with Crippen molar-refractivity contribution in [3.05, 3.63) is 53.2 Å². The molecule has 0 radical (unpaired) electrons. The SMILES string of the molecule is Cc1ccc(S(=O)(=O)N2CCOCC2)cc1NC(=O)c1csc(-c2ccco2)n1. The standard InChI is InChI=1S/C19H19N3O5S2/c1-13-4-5-14(29(24,25)22-6-9-26-10-7-22)11-15(13)20-18(23)16-12-28-19(21-16)17-3-2-8-27-17/h2-5,8,11-12H,6-7,9-10H2,1H3,(H,20,23).